The van der Waals surface area contributed by atoms with E-state index in [-0.39, 0.29) is 6.61 Å². The van der Waals surface area contributed by atoms with E-state index in [4.69, 9.17) is 10.2 Å². The van der Waals surface area contributed by atoms with Crippen molar-refractivity contribution in [3.05, 3.63) is 0 Å². The molecule has 0 saturated carbocycles. The molecular weight excluding hydrogens is 226 g/mol. The van der Waals surface area contributed by atoms with Crippen molar-refractivity contribution < 1.29 is 15.0 Å². The summed E-state index contributed by atoms with van der Waals surface area (Å²) in [6.45, 7) is 4.68. The molecule has 0 aliphatic heterocycles. The SMILES string of the molecule is CCCNC(C)(CCCSCCO)C(=O)O. The maximum atomic E-state index is 11.1. The number of hydrogen-bond donors (Lipinski definition) is 3. The van der Waals surface area contributed by atoms with Crippen molar-refractivity contribution in [3.63, 3.8) is 0 Å². The minimum Gasteiger partial charge on any atom is -0.480 e. The molecule has 96 valence electrons. The van der Waals surface area contributed by atoms with Gasteiger partial charge in [0.15, 0.2) is 0 Å². The third kappa shape index (κ3) is 6.35. The molecule has 0 heterocycles. The molecule has 0 bridgehead atoms. The number of carboxylic acid groups (broad SMARTS) is 1. The molecule has 0 amide bonds. The molecule has 0 rings (SSSR count). The maximum absolute atomic E-state index is 11.1. The molecule has 0 spiro atoms. The van der Waals surface area contributed by atoms with Gasteiger partial charge in [0.2, 0.25) is 0 Å². The Labute approximate surface area is 102 Å². The summed E-state index contributed by atoms with van der Waals surface area (Å²) in [5, 5.41) is 20.8. The summed E-state index contributed by atoms with van der Waals surface area (Å²) in [6, 6.07) is 0. The van der Waals surface area contributed by atoms with Crippen molar-refractivity contribution >= 4 is 17.7 Å². The van der Waals surface area contributed by atoms with Crippen LogP contribution in [0.3, 0.4) is 0 Å². The average molecular weight is 249 g/mol. The lowest BCUT2D eigenvalue weighted by Gasteiger charge is -2.26. The summed E-state index contributed by atoms with van der Waals surface area (Å²) in [5.74, 6) is 0.844. The van der Waals surface area contributed by atoms with Crippen LogP contribution < -0.4 is 5.32 Å². The van der Waals surface area contributed by atoms with Crippen LogP contribution in [0.25, 0.3) is 0 Å². The first-order valence-electron chi connectivity index (χ1n) is 5.74. The minimum absolute atomic E-state index is 0.189. The Morgan fingerprint density at radius 2 is 2.12 bits per heavy atom. The van der Waals surface area contributed by atoms with E-state index in [2.05, 4.69) is 5.32 Å². The lowest BCUT2D eigenvalue weighted by atomic mass is 9.96. The second kappa shape index (κ2) is 8.84. The van der Waals surface area contributed by atoms with Gasteiger partial charge in [-0.05, 0) is 38.5 Å². The second-order valence-electron chi connectivity index (χ2n) is 4.00. The number of thioether (sulfide) groups is 1. The Hall–Kier alpha value is -0.260. The van der Waals surface area contributed by atoms with Gasteiger partial charge >= 0.3 is 5.97 Å². The van der Waals surface area contributed by atoms with E-state index in [0.29, 0.717) is 6.42 Å². The average Bonchev–Trinajstić information content (AvgIpc) is 2.26. The summed E-state index contributed by atoms with van der Waals surface area (Å²) in [7, 11) is 0. The van der Waals surface area contributed by atoms with E-state index in [1.807, 2.05) is 6.92 Å². The number of aliphatic carboxylic acids is 1. The number of carboxylic acids is 1. The first kappa shape index (κ1) is 15.7. The Morgan fingerprint density at radius 1 is 1.44 bits per heavy atom. The van der Waals surface area contributed by atoms with Crippen molar-refractivity contribution in [2.45, 2.75) is 38.6 Å². The zero-order valence-corrected chi connectivity index (χ0v) is 11.0. The van der Waals surface area contributed by atoms with E-state index in [0.717, 1.165) is 30.9 Å². The Balaban J connectivity index is 3.88. The Bertz CT molecular complexity index is 202. The molecule has 0 radical (unpaired) electrons. The van der Waals surface area contributed by atoms with E-state index >= 15 is 0 Å². The molecule has 0 aromatic heterocycles. The van der Waals surface area contributed by atoms with Crippen molar-refractivity contribution in [1.82, 2.24) is 5.32 Å². The first-order valence-corrected chi connectivity index (χ1v) is 6.89. The monoisotopic (exact) mass is 249 g/mol. The summed E-state index contributed by atoms with van der Waals surface area (Å²) in [5.41, 5.74) is -0.810. The zero-order valence-electron chi connectivity index (χ0n) is 10.2. The van der Waals surface area contributed by atoms with Crippen molar-refractivity contribution in [1.29, 1.82) is 0 Å². The van der Waals surface area contributed by atoms with Crippen LogP contribution in [0.4, 0.5) is 0 Å². The predicted octanol–water partition coefficient (Wildman–Crippen LogP) is 1.33. The van der Waals surface area contributed by atoms with Gasteiger partial charge in [0.25, 0.3) is 0 Å². The summed E-state index contributed by atoms with van der Waals surface area (Å²) in [6.07, 6.45) is 2.41. The number of nitrogens with one attached hydrogen (secondary N) is 1. The van der Waals surface area contributed by atoms with Gasteiger partial charge in [-0.15, -0.1) is 0 Å². The Kier molecular flexibility index (Phi) is 8.70. The van der Waals surface area contributed by atoms with Crippen molar-refractivity contribution in [2.24, 2.45) is 0 Å². The molecular formula is C11H23NO3S. The molecule has 16 heavy (non-hydrogen) atoms. The van der Waals surface area contributed by atoms with Crippen LogP contribution in [-0.2, 0) is 4.79 Å². The molecule has 3 N–H and O–H groups in total. The minimum atomic E-state index is -0.810. The lowest BCUT2D eigenvalue weighted by molar-refractivity contribution is -0.144. The maximum Gasteiger partial charge on any atom is 0.323 e. The molecule has 0 aromatic carbocycles. The molecule has 0 aliphatic carbocycles. The van der Waals surface area contributed by atoms with Crippen LogP contribution in [0, 0.1) is 0 Å². The van der Waals surface area contributed by atoms with Gasteiger partial charge in [0.1, 0.15) is 5.54 Å². The summed E-state index contributed by atoms with van der Waals surface area (Å²) in [4.78, 5) is 11.1. The van der Waals surface area contributed by atoms with E-state index in [1.54, 1.807) is 18.7 Å². The highest BCUT2D eigenvalue weighted by Gasteiger charge is 2.31. The molecule has 0 saturated heterocycles. The zero-order chi connectivity index (χ0) is 12.4. The van der Waals surface area contributed by atoms with Crippen LogP contribution in [0.2, 0.25) is 0 Å². The number of carbonyl (C=O) groups is 1. The number of aliphatic hydroxyl groups is 1. The summed E-state index contributed by atoms with van der Waals surface area (Å²) < 4.78 is 0. The van der Waals surface area contributed by atoms with Crippen LogP contribution >= 0.6 is 11.8 Å². The van der Waals surface area contributed by atoms with Gasteiger partial charge in [-0.25, -0.2) is 0 Å². The van der Waals surface area contributed by atoms with Gasteiger partial charge in [-0.3, -0.25) is 4.79 Å². The van der Waals surface area contributed by atoms with Gasteiger partial charge in [0, 0.05) is 5.75 Å². The first-order chi connectivity index (χ1) is 7.56. The topological polar surface area (TPSA) is 69.6 Å². The molecule has 4 nitrogen and oxygen atoms in total. The smallest absolute Gasteiger partial charge is 0.323 e. The fraction of sp³-hybridized carbons (Fsp3) is 0.909. The Morgan fingerprint density at radius 3 is 2.62 bits per heavy atom. The number of hydrogen-bond acceptors (Lipinski definition) is 4. The highest BCUT2D eigenvalue weighted by Crippen LogP contribution is 2.15. The third-order valence-corrected chi connectivity index (χ3v) is 3.49. The normalized spacial score (nSPS) is 14.7. The van der Waals surface area contributed by atoms with Crippen LogP contribution in [0.1, 0.15) is 33.1 Å². The molecule has 0 aromatic rings. The largest absolute Gasteiger partial charge is 0.480 e. The van der Waals surface area contributed by atoms with Crippen LogP contribution in [0.15, 0.2) is 0 Å². The van der Waals surface area contributed by atoms with Crippen LogP contribution in [-0.4, -0.2) is 46.4 Å². The second-order valence-corrected chi connectivity index (χ2v) is 5.23. The molecule has 1 atom stereocenters. The van der Waals surface area contributed by atoms with Gasteiger partial charge < -0.3 is 15.5 Å². The highest BCUT2D eigenvalue weighted by molar-refractivity contribution is 7.99. The van der Waals surface area contributed by atoms with E-state index in [1.165, 1.54) is 0 Å². The third-order valence-electron chi connectivity index (χ3n) is 2.44. The molecule has 1 unspecified atom stereocenters. The van der Waals surface area contributed by atoms with Crippen LogP contribution in [0.5, 0.6) is 0 Å². The van der Waals surface area contributed by atoms with Gasteiger partial charge in [-0.1, -0.05) is 6.92 Å². The summed E-state index contributed by atoms with van der Waals surface area (Å²) >= 11 is 1.66. The van der Waals surface area contributed by atoms with E-state index in [9.17, 15) is 4.79 Å². The van der Waals surface area contributed by atoms with Crippen molar-refractivity contribution in [2.75, 3.05) is 24.7 Å². The fourth-order valence-electron chi connectivity index (χ4n) is 1.37. The molecule has 0 fully saturated rings. The predicted molar refractivity (Wildman–Crippen MR) is 68.0 cm³/mol. The lowest BCUT2D eigenvalue weighted by Crippen LogP contribution is -2.49. The standard InChI is InChI=1S/C11H23NO3S/c1-3-6-12-11(2,10(14)15)5-4-8-16-9-7-13/h12-13H,3-9H2,1-2H3,(H,14,15). The van der Waals surface area contributed by atoms with Gasteiger partial charge in [-0.2, -0.15) is 11.8 Å². The quantitative estimate of drug-likeness (QED) is 0.510. The van der Waals surface area contributed by atoms with Crippen molar-refractivity contribution in [3.8, 4) is 0 Å². The van der Waals surface area contributed by atoms with E-state index < -0.39 is 11.5 Å². The molecule has 0 aliphatic rings. The number of aliphatic hydroxyl groups excluding tert-OH is 1. The highest BCUT2D eigenvalue weighted by atomic mass is 32.2. The molecule has 5 heteroatoms. The number of rotatable bonds is 10. The fourth-order valence-corrected chi connectivity index (χ4v) is 2.05. The van der Waals surface area contributed by atoms with Gasteiger partial charge in [0.05, 0.1) is 6.61 Å².